The molecule has 4 nitrogen and oxygen atoms in total. The molecule has 1 atom stereocenters. The van der Waals surface area contributed by atoms with Gasteiger partial charge in [-0.25, -0.2) is 0 Å². The molecule has 0 spiro atoms. The van der Waals surface area contributed by atoms with Gasteiger partial charge in [0.15, 0.2) is 0 Å². The zero-order chi connectivity index (χ0) is 22.9. The molecule has 4 heterocycles. The monoisotopic (exact) mass is 452 g/mol. The van der Waals surface area contributed by atoms with Crippen LogP contribution >= 0.6 is 0 Å². The van der Waals surface area contributed by atoms with Crippen LogP contribution in [0.3, 0.4) is 0 Å². The maximum Gasteiger partial charge on any atom is 0.147 e. The summed E-state index contributed by atoms with van der Waals surface area (Å²) >= 11 is 0. The van der Waals surface area contributed by atoms with Crippen molar-refractivity contribution in [1.29, 1.82) is 0 Å². The number of rotatable bonds is 2. The van der Waals surface area contributed by atoms with E-state index < -0.39 is 0 Å². The Morgan fingerprint density at radius 1 is 0.686 bits per heavy atom. The molecule has 6 aromatic rings. The lowest BCUT2D eigenvalue weighted by atomic mass is 9.97. The predicted octanol–water partition coefficient (Wildman–Crippen LogP) is 7.77. The van der Waals surface area contributed by atoms with Crippen LogP contribution in [0, 0.1) is 0 Å². The third-order valence-corrected chi connectivity index (χ3v) is 7.06. The fourth-order valence-corrected chi connectivity index (χ4v) is 5.37. The third-order valence-electron chi connectivity index (χ3n) is 7.06. The van der Waals surface area contributed by atoms with E-state index in [2.05, 4.69) is 89.4 Å². The molecule has 1 unspecified atom stereocenters. The third kappa shape index (κ3) is 2.68. The maximum absolute atomic E-state index is 6.43. The highest BCUT2D eigenvalue weighted by atomic mass is 16.3. The van der Waals surface area contributed by atoms with Gasteiger partial charge in [-0.05, 0) is 41.5 Å². The minimum absolute atomic E-state index is 0.182. The summed E-state index contributed by atoms with van der Waals surface area (Å²) in [4.78, 5) is 2.18. The van der Waals surface area contributed by atoms with Crippen molar-refractivity contribution in [2.75, 3.05) is 0 Å². The van der Waals surface area contributed by atoms with Gasteiger partial charge < -0.3 is 19.1 Å². The van der Waals surface area contributed by atoms with Crippen LogP contribution in [-0.2, 0) is 0 Å². The fourth-order valence-electron chi connectivity index (χ4n) is 5.37. The summed E-state index contributed by atoms with van der Waals surface area (Å²) in [6.07, 6.45) is 10.7. The van der Waals surface area contributed by atoms with Crippen molar-refractivity contribution in [3.63, 3.8) is 0 Å². The highest BCUT2D eigenvalue weighted by molar-refractivity contribution is 6.25. The number of para-hydroxylation sites is 2. The lowest BCUT2D eigenvalue weighted by Gasteiger charge is -2.20. The molecule has 0 saturated carbocycles. The van der Waals surface area contributed by atoms with E-state index >= 15 is 0 Å². The number of nitrogens with one attached hydrogen (secondary N) is 1. The van der Waals surface area contributed by atoms with Gasteiger partial charge >= 0.3 is 0 Å². The van der Waals surface area contributed by atoms with Gasteiger partial charge in [-0.3, -0.25) is 0 Å². The largest absolute Gasteiger partial charge is 0.455 e. The Morgan fingerprint density at radius 3 is 2.23 bits per heavy atom. The number of furan rings is 2. The van der Waals surface area contributed by atoms with Crippen LogP contribution in [0.25, 0.3) is 60.7 Å². The SMILES string of the molecule is C1=CC2NC(c3ccc(-c4cc5c6ccccc6oc5c5c4oc4ccccc45)cc3)=CN2C=C1. The first-order valence-electron chi connectivity index (χ1n) is 11.8. The Bertz CT molecular complexity index is 1880. The van der Waals surface area contributed by atoms with E-state index in [9.17, 15) is 0 Å². The van der Waals surface area contributed by atoms with Gasteiger partial charge in [0.25, 0.3) is 0 Å². The van der Waals surface area contributed by atoms with Gasteiger partial charge in [0.05, 0.1) is 11.1 Å². The number of nitrogens with zero attached hydrogens (tertiary/aromatic N) is 1. The van der Waals surface area contributed by atoms with Crippen LogP contribution < -0.4 is 5.32 Å². The molecule has 0 saturated heterocycles. The van der Waals surface area contributed by atoms with Crippen LogP contribution in [0.15, 0.2) is 118 Å². The average molecular weight is 453 g/mol. The van der Waals surface area contributed by atoms with Crippen molar-refractivity contribution < 1.29 is 8.83 Å². The van der Waals surface area contributed by atoms with Crippen LogP contribution in [0.2, 0.25) is 0 Å². The highest BCUT2D eigenvalue weighted by Crippen LogP contribution is 2.44. The number of hydrogen-bond donors (Lipinski definition) is 1. The van der Waals surface area contributed by atoms with Crippen molar-refractivity contribution in [1.82, 2.24) is 10.2 Å². The quantitative estimate of drug-likeness (QED) is 0.291. The molecule has 0 bridgehead atoms. The summed E-state index contributed by atoms with van der Waals surface area (Å²) in [5.41, 5.74) is 7.94. The molecule has 4 heteroatoms. The smallest absolute Gasteiger partial charge is 0.147 e. The van der Waals surface area contributed by atoms with Crippen LogP contribution in [0.4, 0.5) is 0 Å². The van der Waals surface area contributed by atoms with Crippen LogP contribution in [0.5, 0.6) is 0 Å². The normalized spacial score (nSPS) is 17.0. The lowest BCUT2D eigenvalue weighted by molar-refractivity contribution is 0.427. The first-order valence-corrected chi connectivity index (χ1v) is 11.8. The molecule has 1 N–H and O–H groups in total. The van der Waals surface area contributed by atoms with E-state index in [1.54, 1.807) is 0 Å². The summed E-state index contributed by atoms with van der Waals surface area (Å²) in [5.74, 6) is 0. The predicted molar refractivity (Wildman–Crippen MR) is 141 cm³/mol. The van der Waals surface area contributed by atoms with Crippen molar-refractivity contribution in [2.45, 2.75) is 6.17 Å². The van der Waals surface area contributed by atoms with Crippen LogP contribution in [0.1, 0.15) is 5.56 Å². The summed E-state index contributed by atoms with van der Waals surface area (Å²) in [6, 6.07) is 27.3. The van der Waals surface area contributed by atoms with E-state index in [1.165, 1.54) is 0 Å². The zero-order valence-corrected chi connectivity index (χ0v) is 18.7. The van der Waals surface area contributed by atoms with Crippen LogP contribution in [-0.4, -0.2) is 11.1 Å². The molecule has 8 rings (SSSR count). The van der Waals surface area contributed by atoms with Gasteiger partial charge in [0, 0.05) is 34.1 Å². The molecule has 2 aliphatic heterocycles. The molecular formula is C31H20N2O2. The van der Waals surface area contributed by atoms with E-state index in [-0.39, 0.29) is 6.17 Å². The van der Waals surface area contributed by atoms with Crippen molar-refractivity contribution >= 4 is 49.6 Å². The summed E-state index contributed by atoms with van der Waals surface area (Å²) in [6.45, 7) is 0. The number of allylic oxidation sites excluding steroid dienone is 2. The average Bonchev–Trinajstić information content (AvgIpc) is 3.61. The standard InChI is InChI=1S/C31H20N2O2/c1-3-9-26-21(7-1)24-17-23(30-29(31(24)34-26)22-8-2-4-10-27(22)35-30)19-12-14-20(15-13-19)25-18-33-16-6-5-11-28(33)32-25/h1-18,28,32H. The molecular weight excluding hydrogens is 432 g/mol. The van der Waals surface area contributed by atoms with Crippen molar-refractivity contribution in [3.05, 3.63) is 115 Å². The Kier molecular flexibility index (Phi) is 3.69. The Balaban J connectivity index is 1.34. The Labute approximate surface area is 201 Å². The van der Waals surface area contributed by atoms with Crippen molar-refractivity contribution in [2.24, 2.45) is 0 Å². The van der Waals surface area contributed by atoms with Gasteiger partial charge in [-0.15, -0.1) is 0 Å². The minimum atomic E-state index is 0.182. The fraction of sp³-hybridized carbons (Fsp3) is 0.0323. The second-order valence-electron chi connectivity index (χ2n) is 9.08. The first-order chi connectivity index (χ1) is 17.3. The number of fused-ring (bicyclic) bond motifs is 8. The second kappa shape index (κ2) is 6.90. The number of benzene rings is 4. The Morgan fingerprint density at radius 2 is 1.40 bits per heavy atom. The maximum atomic E-state index is 6.43. The van der Waals surface area contributed by atoms with Crippen molar-refractivity contribution in [3.8, 4) is 11.1 Å². The van der Waals surface area contributed by atoms with E-state index in [0.29, 0.717) is 0 Å². The molecule has 2 aliphatic rings. The molecule has 166 valence electrons. The molecule has 35 heavy (non-hydrogen) atoms. The molecule has 0 amide bonds. The highest BCUT2D eigenvalue weighted by Gasteiger charge is 2.23. The lowest BCUT2D eigenvalue weighted by Crippen LogP contribution is -2.31. The second-order valence-corrected chi connectivity index (χ2v) is 9.08. The van der Waals surface area contributed by atoms with Gasteiger partial charge in [-0.2, -0.15) is 0 Å². The molecule has 4 aromatic carbocycles. The van der Waals surface area contributed by atoms with E-state index in [4.69, 9.17) is 8.83 Å². The topological polar surface area (TPSA) is 41.6 Å². The van der Waals surface area contributed by atoms with E-state index in [0.717, 1.165) is 66.3 Å². The first kappa shape index (κ1) is 18.7. The van der Waals surface area contributed by atoms with E-state index in [1.807, 2.05) is 30.3 Å². The molecule has 0 aliphatic carbocycles. The van der Waals surface area contributed by atoms with Gasteiger partial charge in [0.1, 0.15) is 28.5 Å². The summed E-state index contributed by atoms with van der Waals surface area (Å²) < 4.78 is 12.8. The minimum Gasteiger partial charge on any atom is -0.455 e. The summed E-state index contributed by atoms with van der Waals surface area (Å²) in [7, 11) is 0. The van der Waals surface area contributed by atoms with Gasteiger partial charge in [-0.1, -0.05) is 66.7 Å². The molecule has 0 fully saturated rings. The Hall–Kier alpha value is -4.70. The molecule has 2 aromatic heterocycles. The van der Waals surface area contributed by atoms with Gasteiger partial charge in [0.2, 0.25) is 0 Å². The summed E-state index contributed by atoms with van der Waals surface area (Å²) in [5, 5.41) is 7.90. The molecule has 0 radical (unpaired) electrons. The zero-order valence-electron chi connectivity index (χ0n) is 18.7. The number of hydrogen-bond acceptors (Lipinski definition) is 4.